The molecule has 1 heterocycles. The van der Waals surface area contributed by atoms with Crippen LogP contribution >= 0.6 is 0 Å². The maximum Gasteiger partial charge on any atom is 0.422 e. The molecule has 1 unspecified atom stereocenters. The number of aromatic nitrogens is 2. The summed E-state index contributed by atoms with van der Waals surface area (Å²) in [6.07, 6.45) is -0.521. The molecule has 1 amide bonds. The van der Waals surface area contributed by atoms with Crippen LogP contribution in [0, 0.1) is 0 Å². The number of carbonyl (C=O) groups is 1. The smallest absolute Gasteiger partial charge is 0.422 e. The molecule has 10 heteroatoms. The van der Waals surface area contributed by atoms with Crippen LogP contribution in [0.25, 0.3) is 0 Å². The van der Waals surface area contributed by atoms with Gasteiger partial charge in [-0.1, -0.05) is 24.3 Å². The minimum atomic E-state index is -4.45. The second kappa shape index (κ2) is 11.0. The number of nitrogens with zero attached hydrogens (tertiary/aromatic N) is 2. The van der Waals surface area contributed by atoms with Gasteiger partial charge in [-0.05, 0) is 30.2 Å². The van der Waals surface area contributed by atoms with Crippen LogP contribution in [0.4, 0.5) is 13.2 Å². The van der Waals surface area contributed by atoms with Gasteiger partial charge in [0.1, 0.15) is 17.6 Å². The first-order valence-electron chi connectivity index (χ1n) is 10.5. The van der Waals surface area contributed by atoms with E-state index in [1.165, 1.54) is 13.2 Å². The lowest BCUT2D eigenvalue weighted by atomic mass is 10.0. The number of hydrogen-bond donors (Lipinski definition) is 1. The number of imidazole rings is 1. The zero-order valence-corrected chi connectivity index (χ0v) is 19.1. The maximum atomic E-state index is 12.9. The molecule has 3 aromatic rings. The van der Waals surface area contributed by atoms with Gasteiger partial charge in [0, 0.05) is 31.4 Å². The third kappa shape index (κ3) is 6.43. The number of amides is 1. The third-order valence-corrected chi connectivity index (χ3v) is 5.13. The molecule has 2 aromatic carbocycles. The second-order valence-corrected chi connectivity index (χ2v) is 7.53. The maximum absolute atomic E-state index is 12.9. The van der Waals surface area contributed by atoms with Gasteiger partial charge in [0.25, 0.3) is 0 Å². The highest BCUT2D eigenvalue weighted by molar-refractivity contribution is 5.77. The quantitative estimate of drug-likeness (QED) is 0.474. The van der Waals surface area contributed by atoms with E-state index in [1.807, 2.05) is 35.9 Å². The van der Waals surface area contributed by atoms with Crippen molar-refractivity contribution in [2.75, 3.05) is 20.8 Å². The van der Waals surface area contributed by atoms with E-state index in [4.69, 9.17) is 14.2 Å². The van der Waals surface area contributed by atoms with Crippen molar-refractivity contribution in [1.82, 2.24) is 14.9 Å². The molecule has 0 saturated carbocycles. The Morgan fingerprint density at radius 2 is 1.82 bits per heavy atom. The number of benzene rings is 2. The van der Waals surface area contributed by atoms with Crippen LogP contribution in [0.1, 0.15) is 29.4 Å². The summed E-state index contributed by atoms with van der Waals surface area (Å²) in [4.78, 5) is 17.3. The van der Waals surface area contributed by atoms with Gasteiger partial charge in [-0.3, -0.25) is 4.79 Å². The zero-order chi connectivity index (χ0) is 24.7. The minimum Gasteiger partial charge on any atom is -0.496 e. The molecule has 0 aliphatic rings. The molecular weight excluding hydrogens is 451 g/mol. The Morgan fingerprint density at radius 1 is 1.09 bits per heavy atom. The van der Waals surface area contributed by atoms with Crippen molar-refractivity contribution in [3.05, 3.63) is 71.8 Å². The lowest BCUT2D eigenvalue weighted by Gasteiger charge is -2.21. The molecule has 1 atom stereocenters. The van der Waals surface area contributed by atoms with Gasteiger partial charge in [0.2, 0.25) is 5.91 Å². The number of rotatable bonds is 10. The number of carbonyl (C=O) groups excluding carboxylic acids is 1. The fraction of sp³-hybridized carbons (Fsp3) is 0.333. The van der Waals surface area contributed by atoms with Gasteiger partial charge in [-0.25, -0.2) is 4.98 Å². The summed E-state index contributed by atoms with van der Waals surface area (Å²) >= 11 is 0. The number of ether oxygens (including phenoxy) is 3. The van der Waals surface area contributed by atoms with Crippen molar-refractivity contribution in [2.45, 2.75) is 25.1 Å². The highest BCUT2D eigenvalue weighted by Crippen LogP contribution is 2.31. The Morgan fingerprint density at radius 3 is 2.47 bits per heavy atom. The van der Waals surface area contributed by atoms with Crippen LogP contribution in [-0.2, 0) is 18.3 Å². The van der Waals surface area contributed by atoms with Gasteiger partial charge in [-0.2, -0.15) is 13.2 Å². The van der Waals surface area contributed by atoms with Crippen LogP contribution < -0.4 is 19.5 Å². The normalized spacial score (nSPS) is 12.2. The number of halogens is 3. The summed E-state index contributed by atoms with van der Waals surface area (Å²) < 4.78 is 54.6. The molecule has 0 spiro atoms. The molecule has 0 saturated heterocycles. The Hall–Kier alpha value is -3.69. The van der Waals surface area contributed by atoms with E-state index in [-0.39, 0.29) is 23.8 Å². The lowest BCUT2D eigenvalue weighted by Crippen LogP contribution is -2.31. The van der Waals surface area contributed by atoms with E-state index >= 15 is 0 Å². The molecule has 0 aliphatic carbocycles. The highest BCUT2D eigenvalue weighted by Gasteiger charge is 2.29. The summed E-state index contributed by atoms with van der Waals surface area (Å²) in [5.74, 6) is 1.19. The molecule has 7 nitrogen and oxygen atoms in total. The monoisotopic (exact) mass is 477 g/mol. The first-order valence-corrected chi connectivity index (χ1v) is 10.5. The number of alkyl halides is 3. The lowest BCUT2D eigenvalue weighted by molar-refractivity contribution is -0.153. The van der Waals surface area contributed by atoms with Gasteiger partial charge in [0.05, 0.1) is 14.2 Å². The predicted molar refractivity (Wildman–Crippen MR) is 119 cm³/mol. The van der Waals surface area contributed by atoms with Crippen molar-refractivity contribution < 1.29 is 32.2 Å². The van der Waals surface area contributed by atoms with Crippen molar-refractivity contribution in [3.8, 4) is 17.2 Å². The molecule has 0 aliphatic heterocycles. The number of para-hydroxylation sites is 1. The van der Waals surface area contributed by atoms with E-state index in [1.54, 1.807) is 31.6 Å². The van der Waals surface area contributed by atoms with Gasteiger partial charge < -0.3 is 24.1 Å². The Labute approximate surface area is 195 Å². The van der Waals surface area contributed by atoms with Crippen molar-refractivity contribution in [1.29, 1.82) is 0 Å². The molecule has 3 rings (SSSR count). The van der Waals surface area contributed by atoms with Gasteiger partial charge in [-0.15, -0.1) is 0 Å². The van der Waals surface area contributed by atoms with E-state index in [9.17, 15) is 18.0 Å². The Kier molecular flexibility index (Phi) is 8.04. The SMILES string of the molecule is COc1cc(CCC(=O)NC(c2ccccc2OC)c2nccn2C)ccc1OCC(F)(F)F. The van der Waals surface area contributed by atoms with Crippen molar-refractivity contribution in [3.63, 3.8) is 0 Å². The van der Waals surface area contributed by atoms with Crippen LogP contribution in [0.5, 0.6) is 17.2 Å². The average molecular weight is 477 g/mol. The Balaban J connectivity index is 1.71. The average Bonchev–Trinajstić information content (AvgIpc) is 3.25. The van der Waals surface area contributed by atoms with Crippen LogP contribution in [0.15, 0.2) is 54.9 Å². The third-order valence-electron chi connectivity index (χ3n) is 5.13. The molecule has 0 fully saturated rings. The van der Waals surface area contributed by atoms with Gasteiger partial charge >= 0.3 is 6.18 Å². The summed E-state index contributed by atoms with van der Waals surface area (Å²) in [5, 5.41) is 3.02. The number of nitrogens with one attached hydrogen (secondary N) is 1. The molecule has 182 valence electrons. The predicted octanol–water partition coefficient (Wildman–Crippen LogP) is 4.22. The summed E-state index contributed by atoms with van der Waals surface area (Å²) in [5.41, 5.74) is 1.48. The number of methoxy groups -OCH3 is 2. The molecule has 0 bridgehead atoms. The van der Waals surface area contributed by atoms with Gasteiger partial charge in [0.15, 0.2) is 18.1 Å². The van der Waals surface area contributed by atoms with E-state index in [0.717, 1.165) is 11.1 Å². The van der Waals surface area contributed by atoms with Crippen molar-refractivity contribution >= 4 is 5.91 Å². The first-order chi connectivity index (χ1) is 16.2. The van der Waals surface area contributed by atoms with Crippen LogP contribution in [0.3, 0.4) is 0 Å². The summed E-state index contributed by atoms with van der Waals surface area (Å²) in [6, 6.07) is 11.4. The zero-order valence-electron chi connectivity index (χ0n) is 19.1. The van der Waals surface area contributed by atoms with E-state index in [0.29, 0.717) is 18.0 Å². The molecule has 34 heavy (non-hydrogen) atoms. The molecule has 1 N–H and O–H groups in total. The largest absolute Gasteiger partial charge is 0.496 e. The molecular formula is C24H26F3N3O4. The number of aryl methyl sites for hydroxylation is 2. The second-order valence-electron chi connectivity index (χ2n) is 7.53. The Bertz CT molecular complexity index is 1110. The fourth-order valence-corrected chi connectivity index (χ4v) is 3.48. The fourth-order valence-electron chi connectivity index (χ4n) is 3.48. The first kappa shape index (κ1) is 24.9. The van der Waals surface area contributed by atoms with E-state index in [2.05, 4.69) is 10.3 Å². The molecule has 0 radical (unpaired) electrons. The molecule has 1 aromatic heterocycles. The van der Waals surface area contributed by atoms with Crippen LogP contribution in [-0.4, -0.2) is 42.5 Å². The summed E-state index contributed by atoms with van der Waals surface area (Å²) in [6.45, 7) is -1.41. The highest BCUT2D eigenvalue weighted by atomic mass is 19.4. The standard InChI is InChI=1S/C24H26F3N3O4/c1-30-13-12-28-23(30)22(17-6-4-5-7-18(17)32-2)29-21(31)11-9-16-8-10-19(20(14-16)33-3)34-15-24(25,26)27/h4-8,10,12-14,22H,9,11,15H2,1-3H3,(H,29,31). The van der Waals surface area contributed by atoms with E-state index < -0.39 is 18.8 Å². The summed E-state index contributed by atoms with van der Waals surface area (Å²) in [7, 11) is 4.74. The van der Waals surface area contributed by atoms with Crippen LogP contribution in [0.2, 0.25) is 0 Å². The topological polar surface area (TPSA) is 74.6 Å². The van der Waals surface area contributed by atoms with Crippen molar-refractivity contribution in [2.24, 2.45) is 7.05 Å². The number of hydrogen-bond acceptors (Lipinski definition) is 5. The minimum absolute atomic E-state index is 0.0148.